The zero-order valence-corrected chi connectivity index (χ0v) is 26.8. The summed E-state index contributed by atoms with van der Waals surface area (Å²) in [5, 5.41) is 24.4. The summed E-state index contributed by atoms with van der Waals surface area (Å²) in [6, 6.07) is 29.1. The number of aromatic nitrogens is 1. The first-order valence-electron chi connectivity index (χ1n) is 15.0. The Kier molecular flexibility index (Phi) is 8.79. The number of sulfone groups is 1. The first-order chi connectivity index (χ1) is 21.6. The quantitative estimate of drug-likeness (QED) is 0.191. The van der Waals surface area contributed by atoms with Crippen LogP contribution >= 0.6 is 11.6 Å². The van der Waals surface area contributed by atoms with Gasteiger partial charge in [-0.05, 0) is 67.7 Å². The van der Waals surface area contributed by atoms with Crippen molar-refractivity contribution < 1.29 is 18.6 Å². The molecule has 0 bridgehead atoms. The second kappa shape index (κ2) is 12.8. The van der Waals surface area contributed by atoms with E-state index >= 15 is 8.42 Å². The minimum atomic E-state index is -4.01. The lowest BCUT2D eigenvalue weighted by Crippen LogP contribution is -2.54. The highest BCUT2D eigenvalue weighted by Gasteiger charge is 2.40. The molecule has 0 spiro atoms. The Balaban J connectivity index is 1.60. The van der Waals surface area contributed by atoms with E-state index in [1.807, 2.05) is 101 Å². The number of nitrogens with zero attached hydrogens (tertiary/aromatic N) is 3. The Labute approximate surface area is 269 Å². The van der Waals surface area contributed by atoms with Crippen LogP contribution in [0.4, 0.5) is 5.69 Å². The van der Waals surface area contributed by atoms with Gasteiger partial charge >= 0.3 is 0 Å². The molecule has 10 heteroatoms. The first kappa shape index (κ1) is 31.0. The maximum atomic E-state index is 15.1. The molecule has 0 saturated carbocycles. The van der Waals surface area contributed by atoms with Crippen molar-refractivity contribution in [1.82, 2.24) is 14.8 Å². The molecule has 0 radical (unpaired) electrons. The van der Waals surface area contributed by atoms with Gasteiger partial charge in [-0.1, -0.05) is 66.2 Å². The highest BCUT2D eigenvalue weighted by Crippen LogP contribution is 2.43. The third-order valence-corrected chi connectivity index (χ3v) is 10.8. The van der Waals surface area contributed by atoms with Crippen molar-refractivity contribution in [3.05, 3.63) is 119 Å². The molecule has 3 N–H and O–H groups in total. The zero-order chi connectivity index (χ0) is 31.7. The number of likely N-dealkylation sites (N-methyl/N-ethyl adjacent to an activating group) is 1. The number of para-hydroxylation sites is 2. The molecule has 4 aromatic carbocycles. The first-order valence-corrected chi connectivity index (χ1v) is 16.9. The summed E-state index contributed by atoms with van der Waals surface area (Å²) in [6.07, 6.45) is 0. The van der Waals surface area contributed by atoms with E-state index in [-0.39, 0.29) is 23.1 Å². The third-order valence-electron chi connectivity index (χ3n) is 8.45. The summed E-state index contributed by atoms with van der Waals surface area (Å²) in [4.78, 5) is 4.07. The minimum absolute atomic E-state index is 0.121. The lowest BCUT2D eigenvalue weighted by atomic mass is 9.85. The van der Waals surface area contributed by atoms with E-state index < -0.39 is 21.1 Å². The molecule has 1 fully saturated rings. The Bertz CT molecular complexity index is 1860. The fourth-order valence-corrected chi connectivity index (χ4v) is 8.53. The maximum Gasteiger partial charge on any atom is 0.211 e. The summed E-state index contributed by atoms with van der Waals surface area (Å²) in [6.45, 7) is 2.41. The van der Waals surface area contributed by atoms with Crippen molar-refractivity contribution in [1.29, 1.82) is 0 Å². The van der Waals surface area contributed by atoms with Gasteiger partial charge in [-0.25, -0.2) is 8.42 Å². The molecule has 0 amide bonds. The monoisotopic (exact) mass is 644 g/mol. The van der Waals surface area contributed by atoms with Crippen LogP contribution in [0.2, 0.25) is 5.02 Å². The summed E-state index contributed by atoms with van der Waals surface area (Å²) >= 11 is 6.55. The third kappa shape index (κ3) is 6.13. The number of benzene rings is 4. The standard InChI is InChI=1S/C35H37ClN4O4S/c1-38(2)21-22-40-30-9-5-3-7-28(30)34(33(24-11-15-26(41)16-12-24)25-13-17-27(42)18-14-25)35(40)45(43,44)32-23-39(20-19-37-32)31-10-6-4-8-29(31)36/h3-18,32-33,37,41-42H,19-23H2,1-2H3. The highest BCUT2D eigenvalue weighted by molar-refractivity contribution is 7.92. The molecule has 1 atom stereocenters. The van der Waals surface area contributed by atoms with Crippen molar-refractivity contribution in [2.75, 3.05) is 45.2 Å². The molecular formula is C35H37ClN4O4S. The second-order valence-electron chi connectivity index (χ2n) is 11.7. The van der Waals surface area contributed by atoms with Crippen LogP contribution in [0.3, 0.4) is 0 Å². The minimum Gasteiger partial charge on any atom is -0.508 e. The van der Waals surface area contributed by atoms with E-state index in [4.69, 9.17) is 11.6 Å². The molecule has 2 heterocycles. The van der Waals surface area contributed by atoms with Crippen molar-refractivity contribution in [2.24, 2.45) is 0 Å². The van der Waals surface area contributed by atoms with E-state index in [2.05, 4.69) is 5.32 Å². The average Bonchev–Trinajstić information content (AvgIpc) is 3.37. The summed E-state index contributed by atoms with van der Waals surface area (Å²) in [5.74, 6) is -0.268. The van der Waals surface area contributed by atoms with Crippen LogP contribution in [-0.4, -0.2) is 73.7 Å². The molecule has 1 unspecified atom stereocenters. The largest absolute Gasteiger partial charge is 0.508 e. The van der Waals surface area contributed by atoms with Gasteiger partial charge in [-0.15, -0.1) is 0 Å². The van der Waals surface area contributed by atoms with Crippen molar-refractivity contribution in [3.8, 4) is 11.5 Å². The van der Waals surface area contributed by atoms with Gasteiger partial charge in [0.05, 0.1) is 10.7 Å². The van der Waals surface area contributed by atoms with Crippen LogP contribution in [0.5, 0.6) is 11.5 Å². The van der Waals surface area contributed by atoms with E-state index in [0.29, 0.717) is 36.8 Å². The van der Waals surface area contributed by atoms with Gasteiger partial charge in [-0.3, -0.25) is 5.32 Å². The van der Waals surface area contributed by atoms with Crippen molar-refractivity contribution in [3.63, 3.8) is 0 Å². The maximum absolute atomic E-state index is 15.1. The lowest BCUT2D eigenvalue weighted by molar-refractivity contribution is 0.379. The molecule has 1 aromatic heterocycles. The Morgan fingerprint density at radius 1 is 0.889 bits per heavy atom. The SMILES string of the molecule is CN(C)CCn1c(S(=O)(=O)C2CN(c3ccccc3Cl)CCN2)c(C(c2ccc(O)cc2)c2ccc(O)cc2)c2ccccc21. The van der Waals surface area contributed by atoms with Crippen molar-refractivity contribution in [2.45, 2.75) is 22.9 Å². The number of phenols is 2. The second-order valence-corrected chi connectivity index (χ2v) is 14.1. The number of nitrogens with one attached hydrogen (secondary N) is 1. The number of fused-ring (bicyclic) bond motifs is 1. The predicted molar refractivity (Wildman–Crippen MR) is 180 cm³/mol. The molecule has 5 aromatic rings. The lowest BCUT2D eigenvalue weighted by Gasteiger charge is -2.36. The smallest absolute Gasteiger partial charge is 0.211 e. The molecule has 1 saturated heterocycles. The number of aromatic hydroxyl groups is 2. The number of phenolic OH excluding ortho intramolecular Hbond substituents is 2. The Hall–Kier alpha value is -4.02. The number of halogens is 1. The molecule has 1 aliphatic rings. The Morgan fingerprint density at radius 2 is 1.49 bits per heavy atom. The van der Waals surface area contributed by atoms with Crippen LogP contribution < -0.4 is 10.2 Å². The number of anilines is 1. The van der Waals surface area contributed by atoms with Crippen LogP contribution in [0, 0.1) is 0 Å². The normalized spacial score (nSPS) is 15.8. The number of rotatable bonds is 9. The highest BCUT2D eigenvalue weighted by atomic mass is 35.5. The zero-order valence-electron chi connectivity index (χ0n) is 25.3. The van der Waals surface area contributed by atoms with Crippen LogP contribution in [0.15, 0.2) is 102 Å². The molecule has 45 heavy (non-hydrogen) atoms. The van der Waals surface area contributed by atoms with Gasteiger partial charge in [0.2, 0.25) is 9.84 Å². The molecule has 6 rings (SSSR count). The van der Waals surface area contributed by atoms with E-state index in [0.717, 1.165) is 27.7 Å². The average molecular weight is 645 g/mol. The van der Waals surface area contributed by atoms with E-state index in [1.165, 1.54) is 0 Å². The van der Waals surface area contributed by atoms with Crippen LogP contribution in [0.1, 0.15) is 22.6 Å². The van der Waals surface area contributed by atoms with Gasteiger partial charge in [-0.2, -0.15) is 0 Å². The molecular weight excluding hydrogens is 608 g/mol. The van der Waals surface area contributed by atoms with Crippen LogP contribution in [-0.2, 0) is 16.4 Å². The fraction of sp³-hybridized carbons (Fsp3) is 0.257. The summed E-state index contributed by atoms with van der Waals surface area (Å²) in [5.41, 5.74) is 3.94. The van der Waals surface area contributed by atoms with E-state index in [9.17, 15) is 10.2 Å². The number of hydrogen-bond donors (Lipinski definition) is 3. The van der Waals surface area contributed by atoms with Crippen LogP contribution in [0.25, 0.3) is 10.9 Å². The predicted octanol–water partition coefficient (Wildman–Crippen LogP) is 5.66. The molecule has 8 nitrogen and oxygen atoms in total. The fourth-order valence-electron chi connectivity index (χ4n) is 6.26. The van der Waals surface area contributed by atoms with Crippen molar-refractivity contribution >= 4 is 38.0 Å². The summed E-state index contributed by atoms with van der Waals surface area (Å²) < 4.78 is 32.2. The van der Waals surface area contributed by atoms with Gasteiger partial charge < -0.3 is 24.6 Å². The molecule has 0 aliphatic carbocycles. The number of hydrogen-bond acceptors (Lipinski definition) is 7. The van der Waals surface area contributed by atoms with Gasteiger partial charge in [0.15, 0.2) is 0 Å². The van der Waals surface area contributed by atoms with Gasteiger partial charge in [0.1, 0.15) is 21.9 Å². The summed E-state index contributed by atoms with van der Waals surface area (Å²) in [7, 11) is -0.0687. The van der Waals surface area contributed by atoms with Gasteiger partial charge in [0.25, 0.3) is 0 Å². The number of piperazine rings is 1. The van der Waals surface area contributed by atoms with Gasteiger partial charge in [0, 0.05) is 55.1 Å². The molecule has 234 valence electrons. The Morgan fingerprint density at radius 3 is 2.11 bits per heavy atom. The topological polar surface area (TPSA) is 98.0 Å². The van der Waals surface area contributed by atoms with E-state index in [1.54, 1.807) is 24.3 Å². The molecule has 1 aliphatic heterocycles.